The fourth-order valence-corrected chi connectivity index (χ4v) is 2.80. The molecule has 0 saturated heterocycles. The minimum atomic E-state index is 1.09. The Balaban J connectivity index is 3.05. The van der Waals surface area contributed by atoms with Gasteiger partial charge < -0.3 is 0 Å². The minimum Gasteiger partial charge on any atom is -0.103 e. The van der Waals surface area contributed by atoms with E-state index in [4.69, 9.17) is 0 Å². The van der Waals surface area contributed by atoms with Gasteiger partial charge in [0.15, 0.2) is 0 Å². The maximum Gasteiger partial charge on any atom is 0.00886 e. The third kappa shape index (κ3) is 19.6. The highest BCUT2D eigenvalue weighted by Gasteiger charge is 1.92. The van der Waals surface area contributed by atoms with Crippen LogP contribution in [0.25, 0.3) is 0 Å². The lowest BCUT2D eigenvalue weighted by molar-refractivity contribution is 0.551. The van der Waals surface area contributed by atoms with Crippen LogP contribution in [0, 0.1) is 18.8 Å². The maximum atomic E-state index is 3.87. The molecule has 0 fully saturated rings. The van der Waals surface area contributed by atoms with Crippen molar-refractivity contribution >= 4 is 0 Å². The van der Waals surface area contributed by atoms with E-state index >= 15 is 0 Å². The smallest absolute Gasteiger partial charge is 0.00886 e. The van der Waals surface area contributed by atoms with Crippen LogP contribution in [0.15, 0.2) is 0 Å². The summed E-state index contributed by atoms with van der Waals surface area (Å²) in [5, 5.41) is 0. The molecule has 0 heterocycles. The molecular weight excluding hydrogens is 264 g/mol. The van der Waals surface area contributed by atoms with Gasteiger partial charge >= 0.3 is 0 Å². The molecule has 0 rings (SSSR count). The molecule has 0 bridgehead atoms. The van der Waals surface area contributed by atoms with Gasteiger partial charge in [0.25, 0.3) is 0 Å². The summed E-state index contributed by atoms with van der Waals surface area (Å²) in [7, 11) is 0. The van der Waals surface area contributed by atoms with E-state index in [0.29, 0.717) is 0 Å². The average molecular weight is 306 g/mol. The van der Waals surface area contributed by atoms with Crippen LogP contribution in [0.3, 0.4) is 0 Å². The molecule has 0 aromatic rings. The Hall–Kier alpha value is -0.440. The molecule has 0 aliphatic rings. The van der Waals surface area contributed by atoms with Gasteiger partial charge in [-0.2, -0.15) is 0 Å². The van der Waals surface area contributed by atoms with Gasteiger partial charge in [0, 0.05) is 12.8 Å². The Morgan fingerprint density at radius 1 is 0.500 bits per heavy atom. The first-order chi connectivity index (χ1) is 10.9. The maximum absolute atomic E-state index is 3.87. The molecule has 0 aromatic heterocycles. The first-order valence-corrected chi connectivity index (χ1v) is 10.2. The third-order valence-electron chi connectivity index (χ3n) is 4.33. The summed E-state index contributed by atoms with van der Waals surface area (Å²) >= 11 is 0. The number of hydrogen-bond donors (Lipinski definition) is 0. The molecule has 0 amide bonds. The van der Waals surface area contributed by atoms with Crippen molar-refractivity contribution in [1.29, 1.82) is 0 Å². The zero-order valence-corrected chi connectivity index (χ0v) is 15.4. The minimum absolute atomic E-state index is 1.09. The van der Waals surface area contributed by atoms with Gasteiger partial charge in [0.05, 0.1) is 0 Å². The number of rotatable bonds is 16. The molecule has 22 heavy (non-hydrogen) atoms. The van der Waals surface area contributed by atoms with Gasteiger partial charge in [-0.25, -0.2) is 0 Å². The highest BCUT2D eigenvalue weighted by molar-refractivity contribution is 4.98. The molecule has 0 aliphatic heterocycles. The lowest BCUT2D eigenvalue weighted by Gasteiger charge is -2.01. The molecule has 1 radical (unpaired) electrons. The van der Waals surface area contributed by atoms with Crippen LogP contribution in [-0.2, 0) is 0 Å². The number of unbranched alkanes of at least 4 members (excludes halogenated alkanes) is 16. The molecule has 0 heteroatoms. The Kier molecular flexibility index (Phi) is 20.1. The first-order valence-electron chi connectivity index (χ1n) is 10.2. The Morgan fingerprint density at radius 3 is 1.27 bits per heavy atom. The molecule has 129 valence electrons. The molecule has 0 N–H and O–H groups in total. The lowest BCUT2D eigenvalue weighted by Crippen LogP contribution is -1.82. The van der Waals surface area contributed by atoms with E-state index in [2.05, 4.69) is 25.7 Å². The van der Waals surface area contributed by atoms with E-state index in [9.17, 15) is 0 Å². The van der Waals surface area contributed by atoms with Crippen molar-refractivity contribution in [2.75, 3.05) is 0 Å². The Morgan fingerprint density at radius 2 is 0.864 bits per heavy atom. The van der Waals surface area contributed by atoms with Crippen LogP contribution < -0.4 is 0 Å². The summed E-state index contributed by atoms with van der Waals surface area (Å²) < 4.78 is 0. The van der Waals surface area contributed by atoms with Crippen LogP contribution in [0.4, 0.5) is 0 Å². The van der Waals surface area contributed by atoms with Crippen molar-refractivity contribution in [2.24, 2.45) is 0 Å². The fraction of sp³-hybridized carbons (Fsp3) is 0.864. The highest BCUT2D eigenvalue weighted by atomic mass is 14.0. The zero-order chi connectivity index (χ0) is 16.1. The normalized spacial score (nSPS) is 10.5. The molecule has 0 spiro atoms. The van der Waals surface area contributed by atoms with Gasteiger partial charge in [-0.1, -0.05) is 104 Å². The standard InChI is InChI=1S/C22H41/c1-3-5-7-9-11-13-15-17-19-21-22-20-18-16-14-12-10-8-6-4-2/h1,3-14,16,18-22H2,2H3. The van der Waals surface area contributed by atoms with Gasteiger partial charge in [-0.05, 0) is 12.8 Å². The van der Waals surface area contributed by atoms with Crippen LogP contribution in [0.2, 0.25) is 0 Å². The number of hydrogen-bond acceptors (Lipinski definition) is 0. The fourth-order valence-electron chi connectivity index (χ4n) is 2.80. The second kappa shape index (κ2) is 20.6. The van der Waals surface area contributed by atoms with E-state index in [1.54, 1.807) is 0 Å². The van der Waals surface area contributed by atoms with Crippen molar-refractivity contribution in [3.8, 4) is 11.8 Å². The molecule has 0 unspecified atom stereocenters. The van der Waals surface area contributed by atoms with Gasteiger partial charge in [0.1, 0.15) is 0 Å². The van der Waals surface area contributed by atoms with Gasteiger partial charge in [0.2, 0.25) is 0 Å². The molecule has 0 nitrogen and oxygen atoms in total. The summed E-state index contributed by atoms with van der Waals surface area (Å²) in [4.78, 5) is 0. The van der Waals surface area contributed by atoms with Crippen LogP contribution in [0.5, 0.6) is 0 Å². The highest BCUT2D eigenvalue weighted by Crippen LogP contribution is 2.11. The van der Waals surface area contributed by atoms with Crippen LogP contribution >= 0.6 is 0 Å². The third-order valence-corrected chi connectivity index (χ3v) is 4.33. The quantitative estimate of drug-likeness (QED) is 0.201. The topological polar surface area (TPSA) is 0 Å². The van der Waals surface area contributed by atoms with Crippen molar-refractivity contribution in [1.82, 2.24) is 0 Å². The Bertz CT molecular complexity index is 242. The summed E-state index contributed by atoms with van der Waals surface area (Å²) in [5.41, 5.74) is 0. The molecule has 0 aliphatic carbocycles. The molecule has 0 saturated carbocycles. The van der Waals surface area contributed by atoms with Gasteiger partial charge in [-0.3, -0.25) is 0 Å². The van der Waals surface area contributed by atoms with Crippen molar-refractivity contribution in [3.63, 3.8) is 0 Å². The molecule has 0 atom stereocenters. The zero-order valence-electron chi connectivity index (χ0n) is 15.4. The first kappa shape index (κ1) is 21.6. The summed E-state index contributed by atoms with van der Waals surface area (Å²) in [6, 6.07) is 0. The summed E-state index contributed by atoms with van der Waals surface area (Å²) in [6.07, 6.45) is 24.2. The average Bonchev–Trinajstić information content (AvgIpc) is 2.54. The Labute approximate surface area is 141 Å². The van der Waals surface area contributed by atoms with Crippen LogP contribution in [-0.4, -0.2) is 0 Å². The van der Waals surface area contributed by atoms with E-state index in [1.807, 2.05) is 0 Å². The largest absolute Gasteiger partial charge is 0.103 e. The van der Waals surface area contributed by atoms with Crippen LogP contribution in [0.1, 0.15) is 122 Å². The van der Waals surface area contributed by atoms with E-state index < -0.39 is 0 Å². The van der Waals surface area contributed by atoms with Crippen molar-refractivity contribution < 1.29 is 0 Å². The molecule has 0 aromatic carbocycles. The lowest BCUT2D eigenvalue weighted by atomic mass is 10.1. The molecular formula is C22H41. The van der Waals surface area contributed by atoms with E-state index in [1.165, 1.54) is 96.3 Å². The van der Waals surface area contributed by atoms with Crippen molar-refractivity contribution in [3.05, 3.63) is 6.92 Å². The summed E-state index contributed by atoms with van der Waals surface area (Å²) in [6.45, 7) is 6.16. The van der Waals surface area contributed by atoms with E-state index in [0.717, 1.165) is 19.3 Å². The van der Waals surface area contributed by atoms with Gasteiger partial charge in [-0.15, -0.1) is 11.8 Å². The van der Waals surface area contributed by atoms with Crippen molar-refractivity contribution in [2.45, 2.75) is 122 Å². The SMILES string of the molecule is [CH2]CCCCCCC#CCCCCCCCCCCCCC. The van der Waals surface area contributed by atoms with E-state index in [-0.39, 0.29) is 0 Å². The predicted molar refractivity (Wildman–Crippen MR) is 102 cm³/mol. The monoisotopic (exact) mass is 305 g/mol. The predicted octanol–water partition coefficient (Wildman–Crippen LogP) is 7.87. The summed E-state index contributed by atoms with van der Waals surface area (Å²) in [5.74, 6) is 6.68. The second-order valence-electron chi connectivity index (χ2n) is 6.66. The second-order valence-corrected chi connectivity index (χ2v) is 6.66.